The molecule has 2 aromatic heterocycles. The standard InChI is InChI=1S/C30H39N7O6/c1-16(2)24-30-36-25(19(5)42-30)29(41)32-18(4)27(39)31-14-7-6-11-21(28(40)35-24)33-22(38)12-13-23-34-26(37-43-23)20-10-8-9-17(3)15-20/h8-10,15-16,18,21,24H,6-7,11-14H2,1-5H3,(H,31,39)(H,32,41)(H,33,38)(H,35,40)/t18-,21+,24+/m1/s1. The molecule has 4 N–H and O–H groups in total. The van der Waals surface area contributed by atoms with E-state index in [9.17, 15) is 19.2 Å². The highest BCUT2D eigenvalue weighted by Crippen LogP contribution is 2.24. The van der Waals surface area contributed by atoms with E-state index in [-0.39, 0.29) is 47.9 Å². The largest absolute Gasteiger partial charge is 0.443 e. The Morgan fingerprint density at radius 2 is 1.88 bits per heavy atom. The fourth-order valence-electron chi connectivity index (χ4n) is 4.71. The first-order valence-corrected chi connectivity index (χ1v) is 14.6. The maximum atomic E-state index is 13.5. The van der Waals surface area contributed by atoms with Crippen molar-refractivity contribution in [2.75, 3.05) is 6.54 Å². The highest BCUT2D eigenvalue weighted by atomic mass is 16.5. The summed E-state index contributed by atoms with van der Waals surface area (Å²) >= 11 is 0. The smallest absolute Gasteiger partial charge is 0.274 e. The van der Waals surface area contributed by atoms with E-state index in [0.29, 0.717) is 37.5 Å². The Kier molecular flexibility index (Phi) is 10.3. The molecule has 0 saturated carbocycles. The molecule has 0 fully saturated rings. The highest BCUT2D eigenvalue weighted by molar-refractivity contribution is 5.96. The second-order valence-electron chi connectivity index (χ2n) is 11.2. The number of fused-ring (bicyclic) bond motifs is 2. The Labute approximate surface area is 250 Å². The Balaban J connectivity index is 1.46. The number of carbonyl (C=O) groups excluding carboxylic acids is 4. The van der Waals surface area contributed by atoms with E-state index in [0.717, 1.165) is 11.1 Å². The molecule has 3 aromatic rings. The monoisotopic (exact) mass is 593 g/mol. The van der Waals surface area contributed by atoms with E-state index in [1.807, 2.05) is 45.0 Å². The van der Waals surface area contributed by atoms with E-state index in [4.69, 9.17) is 8.94 Å². The Bertz CT molecular complexity index is 1460. The lowest BCUT2D eigenvalue weighted by molar-refractivity contribution is -0.130. The van der Waals surface area contributed by atoms with Crippen LogP contribution in [0.4, 0.5) is 0 Å². The van der Waals surface area contributed by atoms with Crippen LogP contribution in [0.15, 0.2) is 33.2 Å². The molecule has 2 bridgehead atoms. The summed E-state index contributed by atoms with van der Waals surface area (Å²) in [7, 11) is 0. The molecular formula is C30H39N7O6. The number of oxazole rings is 1. The van der Waals surface area contributed by atoms with Gasteiger partial charge in [0.25, 0.3) is 5.91 Å². The number of benzene rings is 1. The zero-order valence-electron chi connectivity index (χ0n) is 25.2. The highest BCUT2D eigenvalue weighted by Gasteiger charge is 2.31. The first-order valence-electron chi connectivity index (χ1n) is 14.6. The van der Waals surface area contributed by atoms with E-state index >= 15 is 0 Å². The third kappa shape index (κ3) is 8.27. The summed E-state index contributed by atoms with van der Waals surface area (Å²) in [6.45, 7) is 9.28. The van der Waals surface area contributed by atoms with Gasteiger partial charge < -0.3 is 30.2 Å². The molecule has 0 unspecified atom stereocenters. The summed E-state index contributed by atoms with van der Waals surface area (Å²) in [6, 6.07) is 5.43. The van der Waals surface area contributed by atoms with Gasteiger partial charge in [0.2, 0.25) is 35.3 Å². The minimum absolute atomic E-state index is 0.0399. The van der Waals surface area contributed by atoms with Crippen molar-refractivity contribution in [3.63, 3.8) is 0 Å². The third-order valence-corrected chi connectivity index (χ3v) is 7.18. The maximum Gasteiger partial charge on any atom is 0.274 e. The van der Waals surface area contributed by atoms with Crippen LogP contribution >= 0.6 is 0 Å². The molecule has 3 atom stereocenters. The average molecular weight is 594 g/mol. The van der Waals surface area contributed by atoms with Gasteiger partial charge in [-0.2, -0.15) is 4.98 Å². The van der Waals surface area contributed by atoms with Gasteiger partial charge in [-0.1, -0.05) is 42.8 Å². The summed E-state index contributed by atoms with van der Waals surface area (Å²) in [6.07, 6.45) is 1.72. The quantitative estimate of drug-likeness (QED) is 0.334. The van der Waals surface area contributed by atoms with Gasteiger partial charge >= 0.3 is 0 Å². The fraction of sp³-hybridized carbons (Fsp3) is 0.500. The van der Waals surface area contributed by atoms with Crippen LogP contribution in [0.1, 0.15) is 86.1 Å². The number of hydrogen-bond donors (Lipinski definition) is 4. The maximum absolute atomic E-state index is 13.5. The summed E-state index contributed by atoms with van der Waals surface area (Å²) in [5.74, 6) is -0.584. The molecule has 1 aliphatic rings. The lowest BCUT2D eigenvalue weighted by atomic mass is 10.0. The molecule has 230 valence electrons. The first-order chi connectivity index (χ1) is 20.5. The number of nitrogens with one attached hydrogen (secondary N) is 4. The van der Waals surface area contributed by atoms with Gasteiger partial charge in [0.1, 0.15) is 23.9 Å². The molecule has 13 heteroatoms. The molecule has 13 nitrogen and oxygen atoms in total. The van der Waals surface area contributed by atoms with Crippen molar-refractivity contribution in [1.82, 2.24) is 36.4 Å². The van der Waals surface area contributed by atoms with Crippen LogP contribution in [-0.4, -0.2) is 57.4 Å². The Hall–Kier alpha value is -4.55. The predicted molar refractivity (Wildman–Crippen MR) is 155 cm³/mol. The lowest BCUT2D eigenvalue weighted by Crippen LogP contribution is -2.48. The van der Waals surface area contributed by atoms with Crippen molar-refractivity contribution in [2.24, 2.45) is 5.92 Å². The van der Waals surface area contributed by atoms with Crippen LogP contribution in [0.25, 0.3) is 11.4 Å². The van der Waals surface area contributed by atoms with Crippen molar-refractivity contribution >= 4 is 23.6 Å². The van der Waals surface area contributed by atoms with Crippen LogP contribution in [-0.2, 0) is 20.8 Å². The van der Waals surface area contributed by atoms with Gasteiger partial charge in [-0.25, -0.2) is 4.98 Å². The number of nitrogens with zero attached hydrogens (tertiary/aromatic N) is 3. The Morgan fingerprint density at radius 1 is 1.09 bits per heavy atom. The van der Waals surface area contributed by atoms with Crippen molar-refractivity contribution in [2.45, 2.75) is 84.8 Å². The zero-order chi connectivity index (χ0) is 31.1. The van der Waals surface area contributed by atoms with Crippen LogP contribution in [0.3, 0.4) is 0 Å². The Morgan fingerprint density at radius 3 is 2.63 bits per heavy atom. The van der Waals surface area contributed by atoms with E-state index in [1.54, 1.807) is 13.8 Å². The van der Waals surface area contributed by atoms with Gasteiger partial charge in [0, 0.05) is 24.9 Å². The van der Waals surface area contributed by atoms with Crippen LogP contribution in [0, 0.1) is 19.8 Å². The molecule has 0 aliphatic carbocycles. The van der Waals surface area contributed by atoms with Crippen molar-refractivity contribution in [3.8, 4) is 11.4 Å². The summed E-state index contributed by atoms with van der Waals surface area (Å²) in [5, 5.41) is 15.2. The molecule has 3 heterocycles. The van der Waals surface area contributed by atoms with E-state index in [2.05, 4.69) is 36.4 Å². The molecule has 0 saturated heterocycles. The number of rotatable bonds is 6. The SMILES string of the molecule is Cc1cccc(-c2noc(CCC(=O)N[C@H]3CCCCNC(=O)[C@@H](C)NC(=O)c4nc(oc4C)[C@H](C(C)C)NC3=O)n2)c1. The van der Waals surface area contributed by atoms with Crippen LogP contribution in [0.2, 0.25) is 0 Å². The lowest BCUT2D eigenvalue weighted by Gasteiger charge is -2.24. The number of hydrogen-bond acceptors (Lipinski definition) is 9. The van der Waals surface area contributed by atoms with Gasteiger partial charge in [-0.3, -0.25) is 19.2 Å². The third-order valence-electron chi connectivity index (χ3n) is 7.18. The van der Waals surface area contributed by atoms with Gasteiger partial charge in [0.05, 0.1) is 0 Å². The summed E-state index contributed by atoms with van der Waals surface area (Å²) in [4.78, 5) is 60.5. The van der Waals surface area contributed by atoms with Gasteiger partial charge in [-0.15, -0.1) is 0 Å². The topological polar surface area (TPSA) is 181 Å². The molecule has 4 rings (SSSR count). The van der Waals surface area contributed by atoms with E-state index in [1.165, 1.54) is 0 Å². The molecule has 0 spiro atoms. The first kappa shape index (κ1) is 31.4. The average Bonchev–Trinajstić information content (AvgIpc) is 3.59. The van der Waals surface area contributed by atoms with Gasteiger partial charge in [-0.05, 0) is 52.0 Å². The second-order valence-corrected chi connectivity index (χ2v) is 11.2. The molecule has 1 aliphatic heterocycles. The fourth-order valence-corrected chi connectivity index (χ4v) is 4.71. The molecule has 0 radical (unpaired) electrons. The molecule has 43 heavy (non-hydrogen) atoms. The normalized spacial score (nSPS) is 20.3. The van der Waals surface area contributed by atoms with Crippen molar-refractivity contribution in [1.29, 1.82) is 0 Å². The summed E-state index contributed by atoms with van der Waals surface area (Å²) < 4.78 is 11.1. The van der Waals surface area contributed by atoms with Gasteiger partial charge in [0.15, 0.2) is 5.69 Å². The van der Waals surface area contributed by atoms with Crippen LogP contribution < -0.4 is 21.3 Å². The number of aromatic nitrogens is 3. The van der Waals surface area contributed by atoms with E-state index < -0.39 is 29.9 Å². The number of carbonyl (C=O) groups is 4. The number of aryl methyl sites for hydroxylation is 3. The predicted octanol–water partition coefficient (Wildman–Crippen LogP) is 2.69. The van der Waals surface area contributed by atoms with Crippen molar-refractivity contribution < 1.29 is 28.1 Å². The minimum atomic E-state index is -0.847. The minimum Gasteiger partial charge on any atom is -0.443 e. The zero-order valence-corrected chi connectivity index (χ0v) is 25.2. The summed E-state index contributed by atoms with van der Waals surface area (Å²) in [5.41, 5.74) is 1.93. The second kappa shape index (κ2) is 14.1. The number of amides is 4. The van der Waals surface area contributed by atoms with Crippen molar-refractivity contribution in [3.05, 3.63) is 53.1 Å². The molecule has 1 aromatic carbocycles. The molecular weight excluding hydrogens is 554 g/mol. The van der Waals surface area contributed by atoms with Crippen LogP contribution in [0.5, 0.6) is 0 Å². The molecule has 4 amide bonds.